The van der Waals surface area contributed by atoms with Crippen molar-refractivity contribution in [3.63, 3.8) is 0 Å². The van der Waals surface area contributed by atoms with Gasteiger partial charge in [-0.1, -0.05) is 6.07 Å². The van der Waals surface area contributed by atoms with Crippen LogP contribution in [0.25, 0.3) is 0 Å². The molecule has 1 atom stereocenters. The molecule has 1 amide bonds. The second kappa shape index (κ2) is 6.04. The van der Waals surface area contributed by atoms with Crippen LogP contribution in [0.15, 0.2) is 23.4 Å². The molecule has 1 saturated heterocycles. The Morgan fingerprint density at radius 1 is 1.50 bits per heavy atom. The first kappa shape index (κ1) is 15.2. The molecule has 1 fully saturated rings. The fourth-order valence-electron chi connectivity index (χ4n) is 2.46. The minimum atomic E-state index is -0.457. The summed E-state index contributed by atoms with van der Waals surface area (Å²) >= 11 is 1.62. The molecule has 1 aromatic rings. The van der Waals surface area contributed by atoms with Crippen molar-refractivity contribution in [2.75, 3.05) is 12.8 Å². The van der Waals surface area contributed by atoms with Crippen molar-refractivity contribution < 1.29 is 9.53 Å². The molecular weight excluding hydrogens is 272 g/mol. The summed E-state index contributed by atoms with van der Waals surface area (Å²) in [7, 11) is 0. The Kier molecular flexibility index (Phi) is 4.58. The largest absolute Gasteiger partial charge is 0.444 e. The van der Waals surface area contributed by atoms with Crippen LogP contribution in [0.2, 0.25) is 0 Å². The van der Waals surface area contributed by atoms with E-state index in [0.29, 0.717) is 0 Å². The van der Waals surface area contributed by atoms with Gasteiger partial charge in [0, 0.05) is 18.3 Å². The highest BCUT2D eigenvalue weighted by Gasteiger charge is 2.34. The zero-order valence-electron chi connectivity index (χ0n) is 12.5. The molecule has 2 rings (SSSR count). The third kappa shape index (κ3) is 3.45. The second-order valence-electron chi connectivity index (χ2n) is 5.93. The summed E-state index contributed by atoms with van der Waals surface area (Å²) in [6, 6.07) is 4.08. The smallest absolute Gasteiger partial charge is 0.410 e. The Morgan fingerprint density at radius 3 is 2.90 bits per heavy atom. The summed E-state index contributed by atoms with van der Waals surface area (Å²) in [5.41, 5.74) is 0.671. The highest BCUT2D eigenvalue weighted by molar-refractivity contribution is 7.98. The quantitative estimate of drug-likeness (QED) is 0.776. The lowest BCUT2D eigenvalue weighted by Crippen LogP contribution is -2.36. The van der Waals surface area contributed by atoms with E-state index >= 15 is 0 Å². The molecule has 1 aliphatic rings. The first-order valence-electron chi connectivity index (χ1n) is 6.91. The van der Waals surface area contributed by atoms with Crippen LogP contribution in [0.1, 0.15) is 45.2 Å². The van der Waals surface area contributed by atoms with Crippen LogP contribution in [-0.4, -0.2) is 34.4 Å². The molecule has 1 unspecified atom stereocenters. The van der Waals surface area contributed by atoms with Crippen molar-refractivity contribution in [2.24, 2.45) is 0 Å². The van der Waals surface area contributed by atoms with Gasteiger partial charge in [0.25, 0.3) is 0 Å². The second-order valence-corrected chi connectivity index (χ2v) is 6.73. The summed E-state index contributed by atoms with van der Waals surface area (Å²) in [5.74, 6) is 0. The topological polar surface area (TPSA) is 42.4 Å². The summed E-state index contributed by atoms with van der Waals surface area (Å²) in [6.07, 6.45) is 5.56. The number of nitrogens with zero attached hydrogens (tertiary/aromatic N) is 2. The summed E-state index contributed by atoms with van der Waals surface area (Å²) in [5, 5.41) is 0.993. The number of amides is 1. The third-order valence-corrected chi connectivity index (χ3v) is 3.96. The van der Waals surface area contributed by atoms with E-state index in [9.17, 15) is 4.79 Å². The van der Waals surface area contributed by atoms with E-state index < -0.39 is 5.60 Å². The molecule has 0 saturated carbocycles. The standard InChI is InChI=1S/C15H22N2O2S/c1-15(2,3)19-14(18)17-10-6-8-12(17)11-7-5-9-16-13(11)20-4/h5,7,9,12H,6,8,10H2,1-4H3. The maximum absolute atomic E-state index is 12.3. The van der Waals surface area contributed by atoms with E-state index in [2.05, 4.69) is 11.1 Å². The van der Waals surface area contributed by atoms with Gasteiger partial charge in [0.2, 0.25) is 0 Å². The number of pyridine rings is 1. The van der Waals surface area contributed by atoms with Gasteiger partial charge in [0.1, 0.15) is 10.6 Å². The van der Waals surface area contributed by atoms with E-state index in [-0.39, 0.29) is 12.1 Å². The van der Waals surface area contributed by atoms with E-state index in [1.54, 1.807) is 18.0 Å². The number of carbonyl (C=O) groups excluding carboxylic acids is 1. The fourth-order valence-corrected chi connectivity index (χ4v) is 3.06. The van der Waals surface area contributed by atoms with E-state index in [0.717, 1.165) is 30.0 Å². The van der Waals surface area contributed by atoms with Gasteiger partial charge in [-0.15, -0.1) is 11.8 Å². The van der Waals surface area contributed by atoms with Gasteiger partial charge in [-0.3, -0.25) is 0 Å². The normalized spacial score (nSPS) is 19.2. The zero-order chi connectivity index (χ0) is 14.8. The molecule has 5 heteroatoms. The predicted molar refractivity (Wildman–Crippen MR) is 80.9 cm³/mol. The minimum Gasteiger partial charge on any atom is -0.444 e. The van der Waals surface area contributed by atoms with Gasteiger partial charge < -0.3 is 9.64 Å². The molecule has 0 radical (unpaired) electrons. The molecule has 110 valence electrons. The van der Waals surface area contributed by atoms with E-state index in [1.807, 2.05) is 38.0 Å². The number of hydrogen-bond acceptors (Lipinski definition) is 4. The van der Waals surface area contributed by atoms with E-state index in [1.165, 1.54) is 0 Å². The van der Waals surface area contributed by atoms with Crippen molar-refractivity contribution in [3.8, 4) is 0 Å². The van der Waals surface area contributed by atoms with Gasteiger partial charge in [0.05, 0.1) is 6.04 Å². The van der Waals surface area contributed by atoms with Crippen molar-refractivity contribution >= 4 is 17.9 Å². The van der Waals surface area contributed by atoms with Crippen molar-refractivity contribution in [1.29, 1.82) is 0 Å². The number of likely N-dealkylation sites (tertiary alicyclic amines) is 1. The molecule has 2 heterocycles. The van der Waals surface area contributed by atoms with Gasteiger partial charge in [-0.25, -0.2) is 9.78 Å². The molecule has 0 N–H and O–H groups in total. The number of carbonyl (C=O) groups is 1. The maximum atomic E-state index is 12.3. The Morgan fingerprint density at radius 2 is 2.25 bits per heavy atom. The number of ether oxygens (including phenoxy) is 1. The van der Waals surface area contributed by atoms with Crippen molar-refractivity contribution in [1.82, 2.24) is 9.88 Å². The average Bonchev–Trinajstić information content (AvgIpc) is 2.85. The number of hydrogen-bond donors (Lipinski definition) is 0. The molecular formula is C15H22N2O2S. The Hall–Kier alpha value is -1.23. The van der Waals surface area contributed by atoms with Crippen molar-refractivity contribution in [2.45, 2.75) is 50.3 Å². The average molecular weight is 294 g/mol. The number of aromatic nitrogens is 1. The Balaban J connectivity index is 2.21. The lowest BCUT2D eigenvalue weighted by Gasteiger charge is -2.29. The molecule has 0 aromatic carbocycles. The van der Waals surface area contributed by atoms with Gasteiger partial charge in [-0.2, -0.15) is 0 Å². The highest BCUT2D eigenvalue weighted by atomic mass is 32.2. The number of rotatable bonds is 2. The first-order valence-corrected chi connectivity index (χ1v) is 8.13. The van der Waals surface area contributed by atoms with Crippen LogP contribution in [-0.2, 0) is 4.74 Å². The molecule has 0 aliphatic carbocycles. The lowest BCUT2D eigenvalue weighted by molar-refractivity contribution is 0.0222. The highest BCUT2D eigenvalue weighted by Crippen LogP contribution is 2.36. The van der Waals surface area contributed by atoms with Gasteiger partial charge >= 0.3 is 6.09 Å². The van der Waals surface area contributed by atoms with Gasteiger partial charge in [0.15, 0.2) is 0 Å². The van der Waals surface area contributed by atoms with Crippen LogP contribution in [0.4, 0.5) is 4.79 Å². The van der Waals surface area contributed by atoms with Gasteiger partial charge in [-0.05, 0) is 45.9 Å². The summed E-state index contributed by atoms with van der Waals surface area (Å²) in [4.78, 5) is 18.6. The molecule has 1 aliphatic heterocycles. The molecule has 20 heavy (non-hydrogen) atoms. The summed E-state index contributed by atoms with van der Waals surface area (Å²) in [6.45, 7) is 6.44. The monoisotopic (exact) mass is 294 g/mol. The van der Waals surface area contributed by atoms with Crippen molar-refractivity contribution in [3.05, 3.63) is 23.9 Å². The molecule has 1 aromatic heterocycles. The summed E-state index contributed by atoms with van der Waals surface area (Å²) < 4.78 is 5.51. The first-order chi connectivity index (χ1) is 9.42. The van der Waals surface area contributed by atoms with Crippen LogP contribution in [0, 0.1) is 0 Å². The molecule has 4 nitrogen and oxygen atoms in total. The van der Waals surface area contributed by atoms with Crippen LogP contribution < -0.4 is 0 Å². The molecule has 0 spiro atoms. The Bertz CT molecular complexity index is 485. The fraction of sp³-hybridized carbons (Fsp3) is 0.600. The van der Waals surface area contributed by atoms with Crippen LogP contribution in [0.5, 0.6) is 0 Å². The van der Waals surface area contributed by atoms with Crippen LogP contribution >= 0.6 is 11.8 Å². The lowest BCUT2D eigenvalue weighted by atomic mass is 10.1. The minimum absolute atomic E-state index is 0.0843. The van der Waals surface area contributed by atoms with E-state index in [4.69, 9.17) is 4.74 Å². The third-order valence-electron chi connectivity index (χ3n) is 3.23. The number of thioether (sulfide) groups is 1. The Labute approximate surface area is 124 Å². The maximum Gasteiger partial charge on any atom is 0.410 e. The van der Waals surface area contributed by atoms with Crippen LogP contribution in [0.3, 0.4) is 0 Å². The SMILES string of the molecule is CSc1ncccc1C1CCCN1C(=O)OC(C)(C)C. The molecule has 0 bridgehead atoms. The zero-order valence-corrected chi connectivity index (χ0v) is 13.4. The predicted octanol–water partition coefficient (Wildman–Crippen LogP) is 3.88.